The van der Waals surface area contributed by atoms with E-state index in [1.807, 2.05) is 0 Å². The quantitative estimate of drug-likeness (QED) is 0.301. The number of anilines is 2. The third kappa shape index (κ3) is 6.96. The first kappa shape index (κ1) is 23.1. The summed E-state index contributed by atoms with van der Waals surface area (Å²) in [6, 6.07) is 6.32. The molecule has 1 aliphatic carbocycles. The largest absolute Gasteiger partial charge is 0.446 e. The molecule has 1 heterocycles. The van der Waals surface area contributed by atoms with Crippen LogP contribution in [-0.2, 0) is 6.54 Å². The van der Waals surface area contributed by atoms with Crippen molar-refractivity contribution < 1.29 is 18.1 Å². The van der Waals surface area contributed by atoms with Crippen molar-refractivity contribution in [2.24, 2.45) is 11.7 Å². The summed E-state index contributed by atoms with van der Waals surface area (Å²) in [5.74, 6) is 0.512. The minimum atomic E-state index is -4.40. The zero-order valence-corrected chi connectivity index (χ0v) is 17.4. The SMILES string of the molecule is NC1CCC(CNc2nc(NCc3ccccc3SC(F)(F)F)ncc2[N+](=O)[O-])CC1. The lowest BCUT2D eigenvalue weighted by Crippen LogP contribution is -2.29. The molecule has 1 fully saturated rings. The van der Waals surface area contributed by atoms with Gasteiger partial charge in [0.25, 0.3) is 0 Å². The molecular formula is C19H23F3N6O2S. The third-order valence-electron chi connectivity index (χ3n) is 5.05. The maximum atomic E-state index is 12.8. The molecule has 1 aromatic carbocycles. The molecule has 1 aliphatic rings. The highest BCUT2D eigenvalue weighted by molar-refractivity contribution is 8.00. The van der Waals surface area contributed by atoms with E-state index >= 15 is 0 Å². The molecule has 0 spiro atoms. The van der Waals surface area contributed by atoms with Gasteiger partial charge in [-0.1, -0.05) is 18.2 Å². The topological polar surface area (TPSA) is 119 Å². The van der Waals surface area contributed by atoms with Gasteiger partial charge >= 0.3 is 11.2 Å². The van der Waals surface area contributed by atoms with Crippen molar-refractivity contribution in [3.05, 3.63) is 46.1 Å². The fourth-order valence-corrected chi connectivity index (χ4v) is 4.07. The monoisotopic (exact) mass is 456 g/mol. The van der Waals surface area contributed by atoms with Crippen LogP contribution in [0.15, 0.2) is 35.4 Å². The van der Waals surface area contributed by atoms with E-state index in [-0.39, 0.29) is 46.7 Å². The van der Waals surface area contributed by atoms with Crippen LogP contribution in [0.2, 0.25) is 0 Å². The molecule has 0 saturated heterocycles. The molecule has 0 aliphatic heterocycles. The zero-order chi connectivity index (χ0) is 22.4. The van der Waals surface area contributed by atoms with E-state index in [1.165, 1.54) is 12.1 Å². The molecule has 0 radical (unpaired) electrons. The number of nitro groups is 1. The predicted octanol–water partition coefficient (Wildman–Crippen LogP) is 4.54. The average molecular weight is 456 g/mol. The van der Waals surface area contributed by atoms with Crippen LogP contribution in [0.4, 0.5) is 30.6 Å². The Morgan fingerprint density at radius 1 is 1.19 bits per heavy atom. The van der Waals surface area contributed by atoms with E-state index in [2.05, 4.69) is 20.6 Å². The molecule has 2 aromatic rings. The Labute approximate surface area is 181 Å². The average Bonchev–Trinajstić information content (AvgIpc) is 2.71. The molecule has 0 bridgehead atoms. The van der Waals surface area contributed by atoms with Gasteiger partial charge in [0.15, 0.2) is 0 Å². The van der Waals surface area contributed by atoms with Gasteiger partial charge in [-0.25, -0.2) is 4.98 Å². The van der Waals surface area contributed by atoms with Gasteiger partial charge in [0.05, 0.1) is 4.92 Å². The smallest absolute Gasteiger partial charge is 0.364 e. The van der Waals surface area contributed by atoms with Crippen LogP contribution < -0.4 is 16.4 Å². The van der Waals surface area contributed by atoms with Gasteiger partial charge in [-0.2, -0.15) is 18.2 Å². The van der Waals surface area contributed by atoms with Gasteiger partial charge in [0.2, 0.25) is 11.8 Å². The summed E-state index contributed by atoms with van der Waals surface area (Å²) in [5.41, 5.74) is 1.67. The van der Waals surface area contributed by atoms with Crippen molar-refractivity contribution in [1.29, 1.82) is 0 Å². The fraction of sp³-hybridized carbons (Fsp3) is 0.474. The number of nitrogens with two attached hydrogens (primary N) is 1. The Bertz CT molecular complexity index is 906. The third-order valence-corrected chi connectivity index (χ3v) is 5.90. The van der Waals surface area contributed by atoms with Crippen molar-refractivity contribution in [3.63, 3.8) is 0 Å². The normalized spacial score (nSPS) is 19.1. The van der Waals surface area contributed by atoms with Gasteiger partial charge in [0, 0.05) is 24.0 Å². The van der Waals surface area contributed by atoms with Crippen molar-refractivity contribution in [1.82, 2.24) is 9.97 Å². The first-order valence-electron chi connectivity index (χ1n) is 9.79. The zero-order valence-electron chi connectivity index (χ0n) is 16.6. The van der Waals surface area contributed by atoms with Crippen LogP contribution in [0.5, 0.6) is 0 Å². The van der Waals surface area contributed by atoms with E-state index < -0.39 is 10.4 Å². The fourth-order valence-electron chi connectivity index (χ4n) is 3.41. The van der Waals surface area contributed by atoms with Crippen LogP contribution in [-0.4, -0.2) is 33.0 Å². The Kier molecular flexibility index (Phi) is 7.55. The van der Waals surface area contributed by atoms with Crippen LogP contribution in [0, 0.1) is 16.0 Å². The van der Waals surface area contributed by atoms with Crippen LogP contribution >= 0.6 is 11.8 Å². The minimum Gasteiger partial charge on any atom is -0.364 e. The predicted molar refractivity (Wildman–Crippen MR) is 113 cm³/mol. The highest BCUT2D eigenvalue weighted by Crippen LogP contribution is 2.38. The van der Waals surface area contributed by atoms with E-state index in [0.717, 1.165) is 31.9 Å². The standard InChI is InChI=1S/C19H23F3N6O2S/c20-19(21,22)31-16-4-2-1-3-13(16)10-25-18-26-11-15(28(29)30)17(27-18)24-9-12-5-7-14(23)8-6-12/h1-4,11-12,14H,5-10,23H2,(H2,24,25,26,27). The van der Waals surface area contributed by atoms with Crippen molar-refractivity contribution in [3.8, 4) is 0 Å². The van der Waals surface area contributed by atoms with Gasteiger partial charge in [0.1, 0.15) is 6.20 Å². The number of thioether (sulfide) groups is 1. The van der Waals surface area contributed by atoms with Gasteiger partial charge < -0.3 is 16.4 Å². The van der Waals surface area contributed by atoms with Gasteiger partial charge in [-0.3, -0.25) is 10.1 Å². The number of hydrogen-bond donors (Lipinski definition) is 3. The maximum Gasteiger partial charge on any atom is 0.446 e. The van der Waals surface area contributed by atoms with Crippen LogP contribution in [0.25, 0.3) is 0 Å². The number of halogens is 3. The summed E-state index contributed by atoms with van der Waals surface area (Å²) in [4.78, 5) is 18.9. The Balaban J connectivity index is 1.68. The molecular weight excluding hydrogens is 433 g/mol. The van der Waals surface area contributed by atoms with Gasteiger partial charge in [-0.15, -0.1) is 0 Å². The Hall–Kier alpha value is -2.60. The molecule has 1 aromatic heterocycles. The molecule has 12 heteroatoms. The number of aromatic nitrogens is 2. The van der Waals surface area contributed by atoms with Crippen molar-refractivity contribution >= 4 is 29.2 Å². The summed E-state index contributed by atoms with van der Waals surface area (Å²) >= 11 is -0.195. The Morgan fingerprint density at radius 2 is 1.90 bits per heavy atom. The molecule has 8 nitrogen and oxygen atoms in total. The second-order valence-electron chi connectivity index (χ2n) is 7.36. The first-order valence-corrected chi connectivity index (χ1v) is 10.6. The molecule has 1 saturated carbocycles. The molecule has 0 amide bonds. The lowest BCUT2D eigenvalue weighted by Gasteiger charge is -2.26. The molecule has 4 N–H and O–H groups in total. The lowest BCUT2D eigenvalue weighted by molar-refractivity contribution is -0.384. The second-order valence-corrected chi connectivity index (χ2v) is 8.46. The molecule has 31 heavy (non-hydrogen) atoms. The van der Waals surface area contributed by atoms with Crippen molar-refractivity contribution in [2.45, 2.75) is 48.7 Å². The summed E-state index contributed by atoms with van der Waals surface area (Å²) in [7, 11) is 0. The highest BCUT2D eigenvalue weighted by atomic mass is 32.2. The van der Waals surface area contributed by atoms with E-state index in [4.69, 9.17) is 5.73 Å². The van der Waals surface area contributed by atoms with Crippen LogP contribution in [0.3, 0.4) is 0 Å². The number of nitrogens with one attached hydrogen (secondary N) is 2. The Morgan fingerprint density at radius 3 is 2.58 bits per heavy atom. The molecule has 0 unspecified atom stereocenters. The second kappa shape index (κ2) is 10.1. The first-order chi connectivity index (χ1) is 14.7. The number of rotatable bonds is 8. The number of nitrogens with zero attached hydrogens (tertiary/aromatic N) is 3. The molecule has 0 atom stereocenters. The summed E-state index contributed by atoms with van der Waals surface area (Å²) < 4.78 is 38.3. The van der Waals surface area contributed by atoms with Crippen LogP contribution in [0.1, 0.15) is 31.2 Å². The summed E-state index contributed by atoms with van der Waals surface area (Å²) in [5, 5.41) is 17.2. The van der Waals surface area contributed by atoms with Gasteiger partial charge in [-0.05, 0) is 55.0 Å². The van der Waals surface area contributed by atoms with E-state index in [0.29, 0.717) is 18.0 Å². The number of alkyl halides is 3. The summed E-state index contributed by atoms with van der Waals surface area (Å²) in [6.45, 7) is 0.562. The van der Waals surface area contributed by atoms with E-state index in [9.17, 15) is 23.3 Å². The molecule has 3 rings (SSSR count). The number of hydrogen-bond acceptors (Lipinski definition) is 8. The van der Waals surface area contributed by atoms with Crippen molar-refractivity contribution in [2.75, 3.05) is 17.2 Å². The summed E-state index contributed by atoms with van der Waals surface area (Å²) in [6.07, 6.45) is 4.79. The molecule has 168 valence electrons. The van der Waals surface area contributed by atoms with E-state index in [1.54, 1.807) is 12.1 Å². The number of benzene rings is 1. The highest BCUT2D eigenvalue weighted by Gasteiger charge is 2.30. The minimum absolute atomic E-state index is 0.0387. The lowest BCUT2D eigenvalue weighted by atomic mass is 9.86. The maximum absolute atomic E-state index is 12.8.